The van der Waals surface area contributed by atoms with Gasteiger partial charge in [0.05, 0.1) is 5.69 Å². The molecule has 1 aromatic carbocycles. The van der Waals surface area contributed by atoms with Crippen LogP contribution in [0.3, 0.4) is 0 Å². The molecule has 0 radical (unpaired) electrons. The van der Waals surface area contributed by atoms with Crippen LogP contribution in [0.5, 0.6) is 5.88 Å². The van der Waals surface area contributed by atoms with E-state index in [1.165, 1.54) is 0 Å². The van der Waals surface area contributed by atoms with Gasteiger partial charge in [-0.1, -0.05) is 23.7 Å². The lowest BCUT2D eigenvalue weighted by Crippen LogP contribution is -2.34. The summed E-state index contributed by atoms with van der Waals surface area (Å²) in [6, 6.07) is 9.91. The van der Waals surface area contributed by atoms with Crippen molar-refractivity contribution in [2.75, 3.05) is 5.32 Å². The third-order valence-electron chi connectivity index (χ3n) is 2.55. The quantitative estimate of drug-likeness (QED) is 0.333. The molecule has 0 spiro atoms. The lowest BCUT2D eigenvalue weighted by atomic mass is 10.2. The van der Waals surface area contributed by atoms with Crippen molar-refractivity contribution in [1.29, 1.82) is 0 Å². The predicted octanol–water partition coefficient (Wildman–Crippen LogP) is 3.07. The summed E-state index contributed by atoms with van der Waals surface area (Å²) < 4.78 is 6.25. The minimum atomic E-state index is -0.543. The standard InChI is InChI=1S/C13H12BrClN4O2/c14-11-5-2-6-12(18-11)21-7-8-9(15)3-1-4-10(8)17-13(20)19-16/h1-6H,7,16H2,(H2,17,19,20). The fraction of sp³-hybridized carbons (Fsp3) is 0.0769. The number of nitrogens with one attached hydrogen (secondary N) is 2. The smallest absolute Gasteiger partial charge is 0.333 e. The van der Waals surface area contributed by atoms with Crippen LogP contribution in [-0.4, -0.2) is 11.0 Å². The first-order valence-corrected chi connectivity index (χ1v) is 7.07. The maximum absolute atomic E-state index is 11.3. The van der Waals surface area contributed by atoms with Gasteiger partial charge < -0.3 is 10.1 Å². The second kappa shape index (κ2) is 7.26. The minimum absolute atomic E-state index is 0.156. The highest BCUT2D eigenvalue weighted by Crippen LogP contribution is 2.26. The van der Waals surface area contributed by atoms with Crippen LogP contribution in [0.2, 0.25) is 5.02 Å². The molecular weight excluding hydrogens is 360 g/mol. The second-order valence-electron chi connectivity index (χ2n) is 3.95. The molecule has 0 fully saturated rings. The van der Waals surface area contributed by atoms with Crippen molar-refractivity contribution >= 4 is 39.2 Å². The van der Waals surface area contributed by atoms with Crippen molar-refractivity contribution < 1.29 is 9.53 Å². The molecule has 0 atom stereocenters. The van der Waals surface area contributed by atoms with Gasteiger partial charge in [0.2, 0.25) is 5.88 Å². The fourth-order valence-corrected chi connectivity index (χ4v) is 2.15. The molecule has 0 aliphatic rings. The van der Waals surface area contributed by atoms with Gasteiger partial charge in [0.25, 0.3) is 0 Å². The summed E-state index contributed by atoms with van der Waals surface area (Å²) in [4.78, 5) is 15.5. The molecule has 0 saturated heterocycles. The highest BCUT2D eigenvalue weighted by molar-refractivity contribution is 9.10. The third-order valence-corrected chi connectivity index (χ3v) is 3.35. The van der Waals surface area contributed by atoms with Crippen LogP contribution in [-0.2, 0) is 6.61 Å². The fourth-order valence-electron chi connectivity index (χ4n) is 1.60. The number of benzene rings is 1. The number of nitrogens with two attached hydrogens (primary N) is 1. The van der Waals surface area contributed by atoms with E-state index in [0.29, 0.717) is 26.8 Å². The highest BCUT2D eigenvalue weighted by atomic mass is 79.9. The van der Waals surface area contributed by atoms with Gasteiger partial charge in [-0.3, -0.25) is 5.43 Å². The van der Waals surface area contributed by atoms with Crippen LogP contribution in [0, 0.1) is 0 Å². The third kappa shape index (κ3) is 4.32. The number of nitrogens with zero attached hydrogens (tertiary/aromatic N) is 1. The van der Waals surface area contributed by atoms with Crippen LogP contribution in [0.15, 0.2) is 41.0 Å². The summed E-state index contributed by atoms with van der Waals surface area (Å²) >= 11 is 9.40. The number of hydrazine groups is 1. The van der Waals surface area contributed by atoms with Crippen molar-refractivity contribution in [2.24, 2.45) is 5.84 Å². The summed E-state index contributed by atoms with van der Waals surface area (Å²) in [7, 11) is 0. The molecule has 0 saturated carbocycles. The average Bonchev–Trinajstić information content (AvgIpc) is 2.46. The molecule has 6 nitrogen and oxygen atoms in total. The number of halogens is 2. The number of carbonyl (C=O) groups excluding carboxylic acids is 1. The maximum atomic E-state index is 11.3. The van der Waals surface area contributed by atoms with Gasteiger partial charge in [-0.15, -0.1) is 0 Å². The minimum Gasteiger partial charge on any atom is -0.473 e. The van der Waals surface area contributed by atoms with Crippen molar-refractivity contribution in [1.82, 2.24) is 10.4 Å². The zero-order valence-electron chi connectivity index (χ0n) is 10.8. The molecule has 2 amide bonds. The summed E-state index contributed by atoms with van der Waals surface area (Å²) in [6.45, 7) is 0.156. The second-order valence-corrected chi connectivity index (χ2v) is 5.17. The molecule has 1 heterocycles. The van der Waals surface area contributed by atoms with E-state index < -0.39 is 6.03 Å². The molecule has 0 unspecified atom stereocenters. The Bertz CT molecular complexity index is 654. The lowest BCUT2D eigenvalue weighted by molar-refractivity contribution is 0.252. The first-order chi connectivity index (χ1) is 10.1. The van der Waals surface area contributed by atoms with Gasteiger partial charge >= 0.3 is 6.03 Å². The van der Waals surface area contributed by atoms with E-state index in [1.807, 2.05) is 5.43 Å². The number of hydrogen-bond donors (Lipinski definition) is 3. The number of amides is 2. The van der Waals surface area contributed by atoms with Gasteiger partial charge in [-0.05, 0) is 34.1 Å². The largest absolute Gasteiger partial charge is 0.473 e. The average molecular weight is 372 g/mol. The lowest BCUT2D eigenvalue weighted by Gasteiger charge is -2.13. The first-order valence-electron chi connectivity index (χ1n) is 5.90. The van der Waals surface area contributed by atoms with E-state index in [4.69, 9.17) is 22.2 Å². The SMILES string of the molecule is NNC(=O)Nc1cccc(Cl)c1COc1cccc(Br)n1. The molecule has 110 valence electrons. The van der Waals surface area contributed by atoms with Crippen LogP contribution >= 0.6 is 27.5 Å². The highest BCUT2D eigenvalue weighted by Gasteiger charge is 2.10. The van der Waals surface area contributed by atoms with Crippen LogP contribution in [0.25, 0.3) is 0 Å². The van der Waals surface area contributed by atoms with Crippen LogP contribution < -0.4 is 21.3 Å². The number of aromatic nitrogens is 1. The summed E-state index contributed by atoms with van der Waals surface area (Å²) in [5, 5.41) is 3.05. The summed E-state index contributed by atoms with van der Waals surface area (Å²) in [5.74, 6) is 5.49. The van der Waals surface area contributed by atoms with Gasteiger partial charge in [0, 0.05) is 16.7 Å². The van der Waals surface area contributed by atoms with E-state index in [1.54, 1.807) is 36.4 Å². The molecule has 0 aliphatic heterocycles. The molecule has 0 bridgehead atoms. The molecule has 8 heteroatoms. The zero-order valence-corrected chi connectivity index (χ0v) is 13.1. The van der Waals surface area contributed by atoms with Gasteiger partial charge in [-0.2, -0.15) is 0 Å². The van der Waals surface area contributed by atoms with Crippen molar-refractivity contribution in [3.63, 3.8) is 0 Å². The van der Waals surface area contributed by atoms with E-state index in [9.17, 15) is 4.79 Å². The number of pyridine rings is 1. The number of anilines is 1. The number of urea groups is 1. The van der Waals surface area contributed by atoms with Gasteiger partial charge in [-0.25, -0.2) is 15.6 Å². The molecule has 2 aromatic rings. The molecule has 4 N–H and O–H groups in total. The summed E-state index contributed by atoms with van der Waals surface area (Å²) in [6.07, 6.45) is 0. The molecule has 21 heavy (non-hydrogen) atoms. The Morgan fingerprint density at radius 3 is 2.81 bits per heavy atom. The first kappa shape index (κ1) is 15.6. The Labute approximate surface area is 134 Å². The molecular formula is C13H12BrClN4O2. The van der Waals surface area contributed by atoms with Gasteiger partial charge in [0.1, 0.15) is 11.2 Å². The Balaban J connectivity index is 2.16. The predicted molar refractivity (Wildman–Crippen MR) is 84.1 cm³/mol. The number of hydrogen-bond acceptors (Lipinski definition) is 4. The maximum Gasteiger partial charge on any atom is 0.333 e. The number of rotatable bonds is 4. The molecule has 0 aliphatic carbocycles. The van der Waals surface area contributed by atoms with Crippen LogP contribution in [0.1, 0.15) is 5.56 Å². The number of carbonyl (C=O) groups is 1. The Morgan fingerprint density at radius 2 is 2.10 bits per heavy atom. The van der Waals surface area contributed by atoms with E-state index in [2.05, 4.69) is 26.2 Å². The molecule has 1 aromatic heterocycles. The monoisotopic (exact) mass is 370 g/mol. The zero-order chi connectivity index (χ0) is 15.2. The Morgan fingerprint density at radius 1 is 1.33 bits per heavy atom. The Kier molecular flexibility index (Phi) is 5.38. The topological polar surface area (TPSA) is 89.3 Å². The Hall–Kier alpha value is -1.83. The van der Waals surface area contributed by atoms with Crippen molar-refractivity contribution in [3.8, 4) is 5.88 Å². The van der Waals surface area contributed by atoms with Crippen molar-refractivity contribution in [3.05, 3.63) is 51.6 Å². The normalized spacial score (nSPS) is 10.0. The van der Waals surface area contributed by atoms with Gasteiger partial charge in [0.15, 0.2) is 0 Å². The summed E-state index contributed by atoms with van der Waals surface area (Å²) in [5.41, 5.74) is 3.13. The van der Waals surface area contributed by atoms with E-state index in [0.717, 1.165) is 0 Å². The molecule has 2 rings (SSSR count). The van der Waals surface area contributed by atoms with E-state index in [-0.39, 0.29) is 6.61 Å². The van der Waals surface area contributed by atoms with E-state index >= 15 is 0 Å². The van der Waals surface area contributed by atoms with Crippen molar-refractivity contribution in [2.45, 2.75) is 6.61 Å². The number of ether oxygens (including phenoxy) is 1. The van der Waals surface area contributed by atoms with Crippen LogP contribution in [0.4, 0.5) is 10.5 Å².